The van der Waals surface area contributed by atoms with Gasteiger partial charge in [-0.25, -0.2) is 4.98 Å². The van der Waals surface area contributed by atoms with Crippen LogP contribution >= 0.6 is 11.6 Å². The van der Waals surface area contributed by atoms with Crippen LogP contribution in [-0.4, -0.2) is 4.98 Å². The molecule has 0 bridgehead atoms. The number of rotatable bonds is 2. The van der Waals surface area contributed by atoms with Gasteiger partial charge in [0.15, 0.2) is 0 Å². The van der Waals surface area contributed by atoms with E-state index >= 15 is 0 Å². The van der Waals surface area contributed by atoms with Crippen LogP contribution < -0.4 is 10.5 Å². The Kier molecular flexibility index (Phi) is 2.97. The lowest BCUT2D eigenvalue weighted by atomic mass is 10.3. The number of halogens is 1. The van der Waals surface area contributed by atoms with Crippen LogP contribution in [-0.2, 0) is 0 Å². The number of aromatic nitrogens is 1. The molecule has 1 aromatic carbocycles. The van der Waals surface area contributed by atoms with Gasteiger partial charge in [-0.15, -0.1) is 0 Å². The summed E-state index contributed by atoms with van der Waals surface area (Å²) in [4.78, 5) is 4.09. The van der Waals surface area contributed by atoms with Gasteiger partial charge in [-0.05, 0) is 30.7 Å². The minimum Gasteiger partial charge on any atom is -0.439 e. The third kappa shape index (κ3) is 2.44. The summed E-state index contributed by atoms with van der Waals surface area (Å²) >= 11 is 5.89. The Bertz CT molecular complexity index is 514. The second kappa shape index (κ2) is 4.41. The van der Waals surface area contributed by atoms with Crippen molar-refractivity contribution in [3.63, 3.8) is 0 Å². The van der Waals surface area contributed by atoms with Gasteiger partial charge >= 0.3 is 0 Å². The Morgan fingerprint density at radius 2 is 2.06 bits per heavy atom. The molecule has 0 saturated carbocycles. The lowest BCUT2D eigenvalue weighted by molar-refractivity contribution is 0.462. The summed E-state index contributed by atoms with van der Waals surface area (Å²) in [7, 11) is 0. The Labute approximate surface area is 98.8 Å². The number of nitrogens with two attached hydrogens (primary N) is 1. The van der Waals surface area contributed by atoms with Crippen molar-refractivity contribution in [1.82, 2.24) is 4.98 Å². The fraction of sp³-hybridized carbons (Fsp3) is 0.0833. The van der Waals surface area contributed by atoms with Gasteiger partial charge in [0.05, 0.1) is 10.7 Å². The highest BCUT2D eigenvalue weighted by atomic mass is 35.5. The van der Waals surface area contributed by atoms with E-state index in [-0.39, 0.29) is 0 Å². The normalized spacial score (nSPS) is 10.1. The molecule has 0 radical (unpaired) electrons. The molecule has 1 heterocycles. The molecule has 2 rings (SSSR count). The van der Waals surface area contributed by atoms with Crippen LogP contribution in [0.2, 0.25) is 5.02 Å². The molecule has 2 N–H and O–H groups in total. The Hall–Kier alpha value is -1.74. The van der Waals surface area contributed by atoms with Crippen molar-refractivity contribution in [3.05, 3.63) is 47.1 Å². The fourth-order valence-electron chi connectivity index (χ4n) is 1.26. The van der Waals surface area contributed by atoms with Crippen LogP contribution in [0.5, 0.6) is 11.6 Å². The molecule has 0 saturated heterocycles. The average molecular weight is 235 g/mol. The van der Waals surface area contributed by atoms with Crippen LogP contribution in [0.15, 0.2) is 36.5 Å². The molecular weight excluding hydrogens is 224 g/mol. The maximum absolute atomic E-state index is 5.89. The first-order chi connectivity index (χ1) is 7.65. The van der Waals surface area contributed by atoms with Crippen molar-refractivity contribution in [1.29, 1.82) is 0 Å². The zero-order chi connectivity index (χ0) is 11.5. The second-order valence-electron chi connectivity index (χ2n) is 3.46. The maximum Gasteiger partial charge on any atom is 0.219 e. The molecule has 0 spiro atoms. The molecule has 0 amide bonds. The molecule has 0 aliphatic heterocycles. The summed E-state index contributed by atoms with van der Waals surface area (Å²) in [6.45, 7) is 1.98. The molecular formula is C12H11ClN2O. The summed E-state index contributed by atoms with van der Waals surface area (Å²) in [5, 5.41) is 0.477. The fourth-order valence-corrected chi connectivity index (χ4v) is 1.43. The standard InChI is InChI=1S/C12H11ClN2O/c1-8-4-5-15-12(6-8)16-9-2-3-11(14)10(13)7-9/h2-7H,14H2,1H3. The van der Waals surface area contributed by atoms with Crippen molar-refractivity contribution in [3.8, 4) is 11.6 Å². The molecule has 0 aliphatic rings. The molecule has 0 aliphatic carbocycles. The highest BCUT2D eigenvalue weighted by Gasteiger charge is 2.01. The molecule has 1 aromatic heterocycles. The smallest absolute Gasteiger partial charge is 0.219 e. The van der Waals surface area contributed by atoms with Gasteiger partial charge in [-0.2, -0.15) is 0 Å². The number of anilines is 1. The molecule has 0 fully saturated rings. The summed E-state index contributed by atoms with van der Waals surface area (Å²) in [6, 6.07) is 8.88. The first-order valence-electron chi connectivity index (χ1n) is 4.81. The van der Waals surface area contributed by atoms with E-state index < -0.39 is 0 Å². The zero-order valence-corrected chi connectivity index (χ0v) is 9.53. The van der Waals surface area contributed by atoms with Crippen molar-refractivity contribution in [2.75, 3.05) is 5.73 Å². The van der Waals surface area contributed by atoms with E-state index in [2.05, 4.69) is 4.98 Å². The van der Waals surface area contributed by atoms with E-state index in [9.17, 15) is 0 Å². The number of aryl methyl sites for hydroxylation is 1. The summed E-state index contributed by atoms with van der Waals surface area (Å²) in [5.74, 6) is 1.16. The van der Waals surface area contributed by atoms with Crippen molar-refractivity contribution in [2.24, 2.45) is 0 Å². The van der Waals surface area contributed by atoms with Crippen LogP contribution in [0.1, 0.15) is 5.56 Å². The van der Waals surface area contributed by atoms with E-state index in [4.69, 9.17) is 22.1 Å². The highest BCUT2D eigenvalue weighted by molar-refractivity contribution is 6.33. The maximum atomic E-state index is 5.89. The monoisotopic (exact) mass is 234 g/mol. The van der Waals surface area contributed by atoms with Gasteiger partial charge in [0.1, 0.15) is 5.75 Å². The Morgan fingerprint density at radius 3 is 2.75 bits per heavy atom. The van der Waals surface area contributed by atoms with Crippen LogP contribution in [0.3, 0.4) is 0 Å². The average Bonchev–Trinajstić information content (AvgIpc) is 2.24. The number of nitrogen functional groups attached to an aromatic ring is 1. The number of hydrogen-bond donors (Lipinski definition) is 1. The number of hydrogen-bond acceptors (Lipinski definition) is 3. The molecule has 82 valence electrons. The van der Waals surface area contributed by atoms with E-state index in [1.165, 1.54) is 0 Å². The first kappa shape index (κ1) is 10.8. The van der Waals surface area contributed by atoms with E-state index in [1.807, 2.05) is 19.1 Å². The number of benzene rings is 1. The molecule has 0 unspecified atom stereocenters. The van der Waals surface area contributed by atoms with Crippen LogP contribution in [0.25, 0.3) is 0 Å². The van der Waals surface area contributed by atoms with Crippen molar-refractivity contribution >= 4 is 17.3 Å². The molecule has 0 atom stereocenters. The first-order valence-corrected chi connectivity index (χ1v) is 5.18. The highest BCUT2D eigenvalue weighted by Crippen LogP contribution is 2.27. The van der Waals surface area contributed by atoms with Crippen LogP contribution in [0.4, 0.5) is 5.69 Å². The number of pyridine rings is 1. The largest absolute Gasteiger partial charge is 0.439 e. The van der Waals surface area contributed by atoms with Gasteiger partial charge in [0.2, 0.25) is 5.88 Å². The van der Waals surface area contributed by atoms with Gasteiger partial charge in [-0.3, -0.25) is 0 Å². The Balaban J connectivity index is 2.24. The van der Waals surface area contributed by atoms with Gasteiger partial charge in [0.25, 0.3) is 0 Å². The predicted octanol–water partition coefficient (Wildman–Crippen LogP) is 3.42. The van der Waals surface area contributed by atoms with Crippen molar-refractivity contribution < 1.29 is 4.74 Å². The van der Waals surface area contributed by atoms with Gasteiger partial charge in [0, 0.05) is 18.3 Å². The van der Waals surface area contributed by atoms with E-state index in [1.54, 1.807) is 24.4 Å². The predicted molar refractivity (Wildman–Crippen MR) is 64.9 cm³/mol. The zero-order valence-electron chi connectivity index (χ0n) is 8.77. The third-order valence-electron chi connectivity index (χ3n) is 2.08. The summed E-state index contributed by atoms with van der Waals surface area (Å²) in [5.41, 5.74) is 7.23. The summed E-state index contributed by atoms with van der Waals surface area (Å²) < 4.78 is 5.54. The van der Waals surface area contributed by atoms with E-state index in [0.717, 1.165) is 5.56 Å². The molecule has 2 aromatic rings. The lowest BCUT2D eigenvalue weighted by Gasteiger charge is -2.06. The van der Waals surface area contributed by atoms with Gasteiger partial charge in [-0.1, -0.05) is 11.6 Å². The summed E-state index contributed by atoms with van der Waals surface area (Å²) in [6.07, 6.45) is 1.70. The molecule has 16 heavy (non-hydrogen) atoms. The number of ether oxygens (including phenoxy) is 1. The van der Waals surface area contributed by atoms with E-state index in [0.29, 0.717) is 22.3 Å². The Morgan fingerprint density at radius 1 is 1.25 bits per heavy atom. The number of nitrogens with zero attached hydrogens (tertiary/aromatic N) is 1. The van der Waals surface area contributed by atoms with Crippen LogP contribution in [0, 0.1) is 6.92 Å². The minimum absolute atomic E-state index is 0.477. The molecule has 4 heteroatoms. The molecule has 3 nitrogen and oxygen atoms in total. The SMILES string of the molecule is Cc1ccnc(Oc2ccc(N)c(Cl)c2)c1. The second-order valence-corrected chi connectivity index (χ2v) is 3.86. The van der Waals surface area contributed by atoms with Crippen molar-refractivity contribution in [2.45, 2.75) is 6.92 Å². The topological polar surface area (TPSA) is 48.1 Å². The van der Waals surface area contributed by atoms with Gasteiger partial charge < -0.3 is 10.5 Å². The third-order valence-corrected chi connectivity index (χ3v) is 2.41. The lowest BCUT2D eigenvalue weighted by Crippen LogP contribution is -1.90. The quantitative estimate of drug-likeness (QED) is 0.810. The minimum atomic E-state index is 0.477.